The van der Waals surface area contributed by atoms with Gasteiger partial charge in [0.2, 0.25) is 11.8 Å². The normalized spacial score (nSPS) is 13.6. The van der Waals surface area contributed by atoms with Crippen LogP contribution in [0.2, 0.25) is 0 Å². The lowest BCUT2D eigenvalue weighted by atomic mass is 9.95. The van der Waals surface area contributed by atoms with E-state index in [1.807, 2.05) is 38.1 Å². The summed E-state index contributed by atoms with van der Waals surface area (Å²) in [5.74, 6) is -0.110. The number of hydrogen-bond donors (Lipinski definition) is 3. The van der Waals surface area contributed by atoms with E-state index in [4.69, 9.17) is 4.74 Å². The molecule has 0 bridgehead atoms. The van der Waals surface area contributed by atoms with Crippen molar-refractivity contribution in [1.82, 2.24) is 15.5 Å². The average molecular weight is 582 g/mol. The van der Waals surface area contributed by atoms with Crippen molar-refractivity contribution in [3.05, 3.63) is 65.2 Å². The predicted molar refractivity (Wildman–Crippen MR) is 167 cm³/mol. The van der Waals surface area contributed by atoms with Gasteiger partial charge in [-0.1, -0.05) is 69.2 Å². The van der Waals surface area contributed by atoms with Crippen LogP contribution in [0.5, 0.6) is 5.75 Å². The first-order chi connectivity index (χ1) is 19.7. The van der Waals surface area contributed by atoms with Crippen molar-refractivity contribution in [3.8, 4) is 5.75 Å². The van der Waals surface area contributed by atoms with Gasteiger partial charge in [-0.3, -0.25) is 9.59 Å². The highest BCUT2D eigenvalue weighted by atomic mass is 16.6. The van der Waals surface area contributed by atoms with E-state index in [0.29, 0.717) is 24.4 Å². The molecule has 3 unspecified atom stereocenters. The number of aromatic hydroxyl groups is 1. The van der Waals surface area contributed by atoms with Gasteiger partial charge in [0.05, 0.1) is 0 Å². The highest BCUT2D eigenvalue weighted by Crippen LogP contribution is 2.28. The Morgan fingerprint density at radius 1 is 0.952 bits per heavy atom. The number of phenols is 1. The van der Waals surface area contributed by atoms with Crippen molar-refractivity contribution in [1.29, 1.82) is 0 Å². The number of unbranched alkanes of at least 4 members (excludes halogenated alkanes) is 1. The molecular weight excluding hydrogens is 530 g/mol. The zero-order valence-electron chi connectivity index (χ0n) is 26.7. The molecule has 3 atom stereocenters. The van der Waals surface area contributed by atoms with Crippen molar-refractivity contribution in [2.75, 3.05) is 6.54 Å². The molecule has 232 valence electrons. The summed E-state index contributed by atoms with van der Waals surface area (Å²) in [6.07, 6.45) is 2.75. The fourth-order valence-corrected chi connectivity index (χ4v) is 4.68. The van der Waals surface area contributed by atoms with Crippen molar-refractivity contribution < 1.29 is 24.2 Å². The Balaban J connectivity index is 2.61. The molecule has 3 N–H and O–H groups in total. The van der Waals surface area contributed by atoms with Crippen LogP contribution >= 0.6 is 0 Å². The summed E-state index contributed by atoms with van der Waals surface area (Å²) in [6.45, 7) is 16.1. The van der Waals surface area contributed by atoms with Gasteiger partial charge >= 0.3 is 6.09 Å². The van der Waals surface area contributed by atoms with Crippen LogP contribution < -0.4 is 10.6 Å². The van der Waals surface area contributed by atoms with Crippen LogP contribution in [0.25, 0.3) is 0 Å². The van der Waals surface area contributed by atoms with Gasteiger partial charge in [0.25, 0.3) is 0 Å². The second-order valence-corrected chi connectivity index (χ2v) is 12.6. The first kappa shape index (κ1) is 34.7. The molecule has 0 radical (unpaired) electrons. The van der Waals surface area contributed by atoms with Crippen LogP contribution in [0.1, 0.15) is 96.9 Å². The standard InChI is InChI=1S/C34H51N3O5/c1-9-10-21-35-31(39)30(27-17-12-24(4)13-18-27)37(25(5)14-11-23(2)3)32(40)29(36-33(41)42-34(6,7)8)22-26-15-19-28(38)20-16-26/h12-13,15-20,23,25,29-30,38H,9-11,14,21-22H2,1-8H3,(H,35,39)(H,36,41). The van der Waals surface area contributed by atoms with Crippen molar-refractivity contribution >= 4 is 17.9 Å². The fourth-order valence-electron chi connectivity index (χ4n) is 4.68. The predicted octanol–water partition coefficient (Wildman–Crippen LogP) is 6.45. The third-order valence-electron chi connectivity index (χ3n) is 7.01. The first-order valence-electron chi connectivity index (χ1n) is 15.2. The van der Waals surface area contributed by atoms with E-state index in [0.717, 1.165) is 30.4 Å². The molecule has 0 saturated heterocycles. The summed E-state index contributed by atoms with van der Waals surface area (Å²) in [5, 5.41) is 15.6. The zero-order valence-corrected chi connectivity index (χ0v) is 26.7. The quantitative estimate of drug-likeness (QED) is 0.222. The summed E-state index contributed by atoms with van der Waals surface area (Å²) >= 11 is 0. The summed E-state index contributed by atoms with van der Waals surface area (Å²) in [4.78, 5) is 43.2. The van der Waals surface area contributed by atoms with E-state index in [2.05, 4.69) is 31.4 Å². The van der Waals surface area contributed by atoms with E-state index >= 15 is 0 Å². The van der Waals surface area contributed by atoms with Crippen LogP contribution in [0.3, 0.4) is 0 Å². The maximum absolute atomic E-state index is 14.6. The smallest absolute Gasteiger partial charge is 0.408 e. The minimum absolute atomic E-state index is 0.105. The van der Waals surface area contributed by atoms with E-state index in [-0.39, 0.29) is 30.0 Å². The Labute approximate surface area is 252 Å². The van der Waals surface area contributed by atoms with Gasteiger partial charge in [-0.25, -0.2) is 4.79 Å². The van der Waals surface area contributed by atoms with E-state index in [1.165, 1.54) is 0 Å². The zero-order chi connectivity index (χ0) is 31.4. The average Bonchev–Trinajstić information content (AvgIpc) is 2.90. The molecule has 0 saturated carbocycles. The minimum atomic E-state index is -1.01. The second kappa shape index (κ2) is 16.2. The van der Waals surface area contributed by atoms with E-state index in [9.17, 15) is 19.5 Å². The monoisotopic (exact) mass is 581 g/mol. The van der Waals surface area contributed by atoms with Gasteiger partial charge in [-0.05, 0) is 83.1 Å². The second-order valence-electron chi connectivity index (χ2n) is 12.6. The third kappa shape index (κ3) is 11.4. The summed E-state index contributed by atoms with van der Waals surface area (Å²) in [7, 11) is 0. The molecule has 0 aromatic heterocycles. The maximum atomic E-state index is 14.6. The lowest BCUT2D eigenvalue weighted by Gasteiger charge is -2.39. The molecule has 0 aliphatic heterocycles. The lowest BCUT2D eigenvalue weighted by molar-refractivity contribution is -0.145. The topological polar surface area (TPSA) is 108 Å². The number of hydrogen-bond acceptors (Lipinski definition) is 5. The van der Waals surface area contributed by atoms with Crippen molar-refractivity contribution in [2.24, 2.45) is 5.92 Å². The molecule has 3 amide bonds. The Kier molecular flexibility index (Phi) is 13.4. The number of carbonyl (C=O) groups is 3. The molecule has 0 aliphatic rings. The number of benzene rings is 2. The number of amides is 3. The SMILES string of the molecule is CCCCNC(=O)C(c1ccc(C)cc1)N(C(=O)C(Cc1ccc(O)cc1)NC(=O)OC(C)(C)C)C(C)CCC(C)C. The van der Waals surface area contributed by atoms with E-state index in [1.54, 1.807) is 49.9 Å². The van der Waals surface area contributed by atoms with Gasteiger partial charge in [0.1, 0.15) is 23.4 Å². The molecule has 0 fully saturated rings. The van der Waals surface area contributed by atoms with Crippen molar-refractivity contribution in [2.45, 2.75) is 111 Å². The number of phenolic OH excluding ortho intramolecular Hbond substituents is 1. The molecule has 8 nitrogen and oxygen atoms in total. The number of alkyl carbamates (subject to hydrolysis) is 1. The van der Waals surface area contributed by atoms with Gasteiger partial charge in [-0.2, -0.15) is 0 Å². The third-order valence-corrected chi connectivity index (χ3v) is 7.01. The molecule has 2 aromatic rings. The highest BCUT2D eigenvalue weighted by Gasteiger charge is 2.39. The summed E-state index contributed by atoms with van der Waals surface area (Å²) < 4.78 is 5.53. The van der Waals surface area contributed by atoms with Gasteiger partial charge in [0.15, 0.2) is 0 Å². The number of ether oxygens (including phenoxy) is 1. The largest absolute Gasteiger partial charge is 0.508 e. The van der Waals surface area contributed by atoms with Crippen LogP contribution in [-0.4, -0.2) is 52.1 Å². The number of rotatable bonds is 14. The Hall–Kier alpha value is -3.55. The van der Waals surface area contributed by atoms with Gasteiger partial charge in [-0.15, -0.1) is 0 Å². The lowest BCUT2D eigenvalue weighted by Crippen LogP contribution is -2.56. The fraction of sp³-hybridized carbons (Fsp3) is 0.559. The van der Waals surface area contributed by atoms with Crippen LogP contribution in [-0.2, 0) is 20.7 Å². The number of aryl methyl sites for hydroxylation is 1. The number of nitrogens with one attached hydrogen (secondary N) is 2. The maximum Gasteiger partial charge on any atom is 0.408 e. The molecule has 8 heteroatoms. The molecule has 0 heterocycles. The minimum Gasteiger partial charge on any atom is -0.508 e. The Morgan fingerprint density at radius 2 is 1.57 bits per heavy atom. The van der Waals surface area contributed by atoms with Crippen LogP contribution in [0, 0.1) is 12.8 Å². The molecule has 42 heavy (non-hydrogen) atoms. The molecule has 2 rings (SSSR count). The molecular formula is C34H51N3O5. The summed E-state index contributed by atoms with van der Waals surface area (Å²) in [5.41, 5.74) is 1.74. The Bertz CT molecular complexity index is 1140. The molecule has 0 aliphatic carbocycles. The van der Waals surface area contributed by atoms with Crippen molar-refractivity contribution in [3.63, 3.8) is 0 Å². The molecule has 2 aromatic carbocycles. The van der Waals surface area contributed by atoms with Crippen LogP contribution in [0.15, 0.2) is 48.5 Å². The number of carbonyl (C=O) groups excluding carboxylic acids is 3. The van der Waals surface area contributed by atoms with Gasteiger partial charge in [0, 0.05) is 19.0 Å². The summed E-state index contributed by atoms with van der Waals surface area (Å²) in [6, 6.07) is 12.0. The number of nitrogens with zero attached hydrogens (tertiary/aromatic N) is 1. The highest BCUT2D eigenvalue weighted by molar-refractivity contribution is 5.92. The first-order valence-corrected chi connectivity index (χ1v) is 15.2. The Morgan fingerprint density at radius 3 is 2.12 bits per heavy atom. The van der Waals surface area contributed by atoms with Crippen LogP contribution in [0.4, 0.5) is 4.79 Å². The van der Waals surface area contributed by atoms with E-state index < -0.39 is 23.8 Å². The molecule has 0 spiro atoms. The van der Waals surface area contributed by atoms with Gasteiger partial charge < -0.3 is 25.4 Å².